The van der Waals surface area contributed by atoms with E-state index in [1.165, 1.54) is 0 Å². The molecule has 2 aromatic rings. The van der Waals surface area contributed by atoms with Crippen LogP contribution < -0.4 is 25.4 Å². The van der Waals surface area contributed by atoms with E-state index in [1.54, 1.807) is 39.5 Å². The van der Waals surface area contributed by atoms with Crippen LogP contribution in [0.15, 0.2) is 41.4 Å². The number of carbonyl (C=O) groups is 1. The van der Waals surface area contributed by atoms with Gasteiger partial charge in [-0.25, -0.2) is 0 Å². The summed E-state index contributed by atoms with van der Waals surface area (Å²) in [7, 11) is 4.82. The molecule has 0 aromatic heterocycles. The first-order chi connectivity index (χ1) is 13.5. The second-order valence-corrected chi connectivity index (χ2v) is 6.38. The summed E-state index contributed by atoms with van der Waals surface area (Å²) in [6, 6.07) is 10.9. The number of anilines is 2. The van der Waals surface area contributed by atoms with Crippen molar-refractivity contribution in [2.45, 2.75) is 13.3 Å². The molecule has 0 radical (unpaired) electrons. The van der Waals surface area contributed by atoms with Crippen LogP contribution in [0.4, 0.5) is 11.4 Å². The first-order valence-electron chi connectivity index (χ1n) is 8.72. The molecule has 1 amide bonds. The molecule has 3 N–H and O–H groups in total. The van der Waals surface area contributed by atoms with Gasteiger partial charge in [0.1, 0.15) is 0 Å². The van der Waals surface area contributed by atoms with E-state index in [-0.39, 0.29) is 36.3 Å². The van der Waals surface area contributed by atoms with Crippen molar-refractivity contribution < 1.29 is 14.3 Å². The minimum atomic E-state index is -0.139. The van der Waals surface area contributed by atoms with Gasteiger partial charge in [-0.15, -0.1) is 24.0 Å². The van der Waals surface area contributed by atoms with Gasteiger partial charge in [0.2, 0.25) is 5.91 Å². The van der Waals surface area contributed by atoms with Crippen molar-refractivity contribution in [1.82, 2.24) is 5.32 Å². The molecule has 0 heterocycles. The quantitative estimate of drug-likeness (QED) is 0.281. The lowest BCUT2D eigenvalue weighted by atomic mass is 10.2. The van der Waals surface area contributed by atoms with Crippen LogP contribution in [0, 0.1) is 6.92 Å². The molecule has 0 bridgehead atoms. The predicted molar refractivity (Wildman–Crippen MR) is 129 cm³/mol. The normalized spacial score (nSPS) is 10.6. The number of halogens is 2. The Morgan fingerprint density at radius 2 is 1.79 bits per heavy atom. The Bertz CT molecular complexity index is 862. The number of nitrogens with one attached hydrogen (secondary N) is 3. The van der Waals surface area contributed by atoms with E-state index in [4.69, 9.17) is 21.1 Å². The van der Waals surface area contributed by atoms with Crippen LogP contribution in [0.25, 0.3) is 0 Å². The molecule has 2 aromatic carbocycles. The maximum atomic E-state index is 12.1. The van der Waals surface area contributed by atoms with Crippen LogP contribution in [0.5, 0.6) is 11.5 Å². The number of ether oxygens (including phenoxy) is 2. The summed E-state index contributed by atoms with van der Waals surface area (Å²) in [5.41, 5.74) is 2.42. The number of benzene rings is 2. The Hall–Kier alpha value is -2.20. The second kappa shape index (κ2) is 12.4. The lowest BCUT2D eigenvalue weighted by molar-refractivity contribution is -0.116. The average Bonchev–Trinajstić information content (AvgIpc) is 2.69. The molecule has 0 spiro atoms. The van der Waals surface area contributed by atoms with Crippen molar-refractivity contribution in [3.63, 3.8) is 0 Å². The van der Waals surface area contributed by atoms with Crippen molar-refractivity contribution in [3.05, 3.63) is 47.0 Å². The predicted octanol–water partition coefficient (Wildman–Crippen LogP) is 4.30. The van der Waals surface area contributed by atoms with Gasteiger partial charge in [-0.1, -0.05) is 17.7 Å². The number of hydrogen-bond donors (Lipinski definition) is 3. The molecule has 2 rings (SSSR count). The topological polar surface area (TPSA) is 84.0 Å². The summed E-state index contributed by atoms with van der Waals surface area (Å²) >= 11 is 6.14. The van der Waals surface area contributed by atoms with E-state index in [1.807, 2.05) is 25.1 Å². The fourth-order valence-electron chi connectivity index (χ4n) is 2.46. The summed E-state index contributed by atoms with van der Waals surface area (Å²) in [6.07, 6.45) is 0.261. The third-order valence-corrected chi connectivity index (χ3v) is 4.23. The Kier molecular flexibility index (Phi) is 10.6. The largest absolute Gasteiger partial charge is 0.493 e. The average molecular weight is 533 g/mol. The van der Waals surface area contributed by atoms with Gasteiger partial charge in [-0.05, 0) is 36.8 Å². The van der Waals surface area contributed by atoms with Gasteiger partial charge in [0.25, 0.3) is 0 Å². The highest BCUT2D eigenvalue weighted by atomic mass is 127. The molecule has 29 heavy (non-hydrogen) atoms. The number of amides is 1. The maximum absolute atomic E-state index is 12.1. The highest BCUT2D eigenvalue weighted by Gasteiger charge is 2.08. The molecule has 9 heteroatoms. The van der Waals surface area contributed by atoms with Gasteiger partial charge in [0, 0.05) is 31.8 Å². The first-order valence-corrected chi connectivity index (χ1v) is 9.10. The number of carbonyl (C=O) groups excluding carboxylic acids is 1. The zero-order valence-corrected chi connectivity index (χ0v) is 19.9. The van der Waals surface area contributed by atoms with Gasteiger partial charge < -0.3 is 25.4 Å². The van der Waals surface area contributed by atoms with E-state index in [0.29, 0.717) is 34.7 Å². The van der Waals surface area contributed by atoms with Crippen molar-refractivity contribution in [2.75, 3.05) is 38.4 Å². The van der Waals surface area contributed by atoms with Gasteiger partial charge in [0.05, 0.1) is 24.9 Å². The summed E-state index contributed by atoms with van der Waals surface area (Å²) in [6.45, 7) is 2.35. The van der Waals surface area contributed by atoms with Crippen molar-refractivity contribution in [1.29, 1.82) is 0 Å². The lowest BCUT2D eigenvalue weighted by Crippen LogP contribution is -2.33. The number of aryl methyl sites for hydroxylation is 1. The molecule has 0 aliphatic heterocycles. The summed E-state index contributed by atoms with van der Waals surface area (Å²) < 4.78 is 10.5. The molecule has 7 nitrogen and oxygen atoms in total. The Morgan fingerprint density at radius 3 is 2.41 bits per heavy atom. The van der Waals surface area contributed by atoms with Crippen molar-refractivity contribution >= 4 is 58.8 Å². The molecule has 158 valence electrons. The van der Waals surface area contributed by atoms with Crippen LogP contribution in [-0.4, -0.2) is 39.7 Å². The number of aliphatic imine (C=N–C) groups is 1. The molecular weight excluding hydrogens is 507 g/mol. The highest BCUT2D eigenvalue weighted by Crippen LogP contribution is 2.29. The van der Waals surface area contributed by atoms with Gasteiger partial charge in [0.15, 0.2) is 17.5 Å². The molecule has 0 unspecified atom stereocenters. The molecule has 0 saturated heterocycles. The van der Waals surface area contributed by atoms with Crippen LogP contribution in [-0.2, 0) is 4.79 Å². The zero-order chi connectivity index (χ0) is 20.5. The standard InChI is InChI=1S/C20H25ClN4O3.HI/c1-13-5-7-16(15(21)11-13)25-19(26)9-10-23-20(22-2)24-14-6-8-17(27-3)18(12-14)28-4;/h5-8,11-12H,9-10H2,1-4H3,(H,25,26)(H2,22,23,24);1H. The lowest BCUT2D eigenvalue weighted by Gasteiger charge is -2.14. The minimum Gasteiger partial charge on any atom is -0.493 e. The Morgan fingerprint density at radius 1 is 1.07 bits per heavy atom. The van der Waals surface area contributed by atoms with E-state index in [2.05, 4.69) is 20.9 Å². The van der Waals surface area contributed by atoms with Crippen LogP contribution in [0.1, 0.15) is 12.0 Å². The fourth-order valence-corrected chi connectivity index (χ4v) is 2.74. The summed E-state index contributed by atoms with van der Waals surface area (Å²) in [5.74, 6) is 1.65. The second-order valence-electron chi connectivity index (χ2n) is 5.98. The van der Waals surface area contributed by atoms with Crippen LogP contribution in [0.3, 0.4) is 0 Å². The van der Waals surface area contributed by atoms with Crippen LogP contribution in [0.2, 0.25) is 5.02 Å². The van der Waals surface area contributed by atoms with Gasteiger partial charge >= 0.3 is 0 Å². The SMILES string of the molecule is CN=C(NCCC(=O)Nc1ccc(C)cc1Cl)Nc1ccc(OC)c(OC)c1.I. The minimum absolute atomic E-state index is 0. The molecular formula is C20H26ClIN4O3. The van der Waals surface area contributed by atoms with E-state index in [0.717, 1.165) is 11.3 Å². The molecule has 0 fully saturated rings. The first kappa shape index (κ1) is 24.8. The van der Waals surface area contributed by atoms with E-state index in [9.17, 15) is 4.79 Å². The number of guanidine groups is 1. The smallest absolute Gasteiger partial charge is 0.226 e. The van der Waals surface area contributed by atoms with Gasteiger partial charge in [-0.3, -0.25) is 9.79 Å². The van der Waals surface area contributed by atoms with Crippen molar-refractivity contribution in [3.8, 4) is 11.5 Å². The summed E-state index contributed by atoms with van der Waals surface area (Å²) in [5, 5.41) is 9.57. The molecule has 0 saturated carbocycles. The van der Waals surface area contributed by atoms with E-state index >= 15 is 0 Å². The maximum Gasteiger partial charge on any atom is 0.226 e. The molecule has 0 aliphatic rings. The fraction of sp³-hybridized carbons (Fsp3) is 0.300. The highest BCUT2D eigenvalue weighted by molar-refractivity contribution is 14.0. The number of methoxy groups -OCH3 is 2. The Balaban J connectivity index is 0.00000420. The van der Waals surface area contributed by atoms with Crippen molar-refractivity contribution in [2.24, 2.45) is 4.99 Å². The summed E-state index contributed by atoms with van der Waals surface area (Å²) in [4.78, 5) is 16.3. The molecule has 0 atom stereocenters. The third kappa shape index (κ3) is 7.62. The molecule has 0 aliphatic carbocycles. The number of rotatable bonds is 7. The zero-order valence-electron chi connectivity index (χ0n) is 16.8. The number of nitrogens with zero attached hydrogens (tertiary/aromatic N) is 1. The number of hydrogen-bond acceptors (Lipinski definition) is 4. The van der Waals surface area contributed by atoms with E-state index < -0.39 is 0 Å². The third-order valence-electron chi connectivity index (χ3n) is 3.91. The Labute approximate surface area is 193 Å². The van der Waals surface area contributed by atoms with Gasteiger partial charge in [-0.2, -0.15) is 0 Å². The van der Waals surface area contributed by atoms with Crippen LogP contribution >= 0.6 is 35.6 Å². The monoisotopic (exact) mass is 532 g/mol.